The zero-order valence-electron chi connectivity index (χ0n) is 22.9. The lowest BCUT2D eigenvalue weighted by atomic mass is 10.5. The monoisotopic (exact) mass is 854 g/mol. The molecule has 31 heteroatoms. The van der Waals surface area contributed by atoms with E-state index in [1.54, 1.807) is 0 Å². The van der Waals surface area contributed by atoms with Crippen molar-refractivity contribution in [1.29, 1.82) is 0 Å². The number of hydrogen-bond acceptors (Lipinski definition) is 12. The molecule has 0 radical (unpaired) electrons. The third-order valence-electron chi connectivity index (χ3n) is 5.84. The second-order valence-electron chi connectivity index (χ2n) is 9.02. The highest BCUT2D eigenvalue weighted by Gasteiger charge is 2.90. The van der Waals surface area contributed by atoms with E-state index in [2.05, 4.69) is 19.9 Å². The summed E-state index contributed by atoms with van der Waals surface area (Å²) in [6.07, 6.45) is 3.76. The Hall–Kier alpha value is -0.670. The van der Waals surface area contributed by atoms with Gasteiger partial charge >= 0.3 is 45.6 Å². The number of pyridine rings is 2. The van der Waals surface area contributed by atoms with Crippen LogP contribution in [-0.4, -0.2) is 90.5 Å². The molecule has 12 N–H and O–H groups in total. The Labute approximate surface area is 278 Å². The van der Waals surface area contributed by atoms with E-state index in [0.29, 0.717) is 12.3 Å². The van der Waals surface area contributed by atoms with Crippen molar-refractivity contribution in [3.05, 3.63) is 67.4 Å². The minimum Gasteiger partial charge on any atom is -0.323 e. The minimum atomic E-state index is -7.30. The molecular formula is C17H24N4O18P6S3. The molecule has 0 aliphatic carbocycles. The summed E-state index contributed by atoms with van der Waals surface area (Å²) in [4.78, 5) is 145. The van der Waals surface area contributed by atoms with Crippen molar-refractivity contribution < 1.29 is 86.1 Å². The fourth-order valence-electron chi connectivity index (χ4n) is 4.45. The van der Waals surface area contributed by atoms with Crippen LogP contribution in [0.25, 0.3) is 0 Å². The third-order valence-corrected chi connectivity index (χ3v) is 35.4. The fraction of sp³-hybridized carbons (Fsp3) is 0.176. The van der Waals surface area contributed by atoms with Gasteiger partial charge in [0, 0.05) is 35.9 Å². The highest BCUT2D eigenvalue weighted by atomic mass is 32.3. The van der Waals surface area contributed by atoms with Gasteiger partial charge in [0.25, 0.3) is 7.12 Å². The molecule has 0 amide bonds. The van der Waals surface area contributed by atoms with Gasteiger partial charge < -0.3 is 58.7 Å². The van der Waals surface area contributed by atoms with Gasteiger partial charge in [-0.3, -0.25) is 37.4 Å². The molecule has 3 heterocycles. The first kappa shape index (κ1) is 41.7. The Morgan fingerprint density at radius 1 is 0.542 bits per heavy atom. The number of rotatable bonds is 14. The maximum absolute atomic E-state index is 13.9. The summed E-state index contributed by atoms with van der Waals surface area (Å²) in [6.45, 7) is 0. The van der Waals surface area contributed by atoms with Crippen LogP contribution >= 0.6 is 79.1 Å². The van der Waals surface area contributed by atoms with E-state index in [4.69, 9.17) is 0 Å². The zero-order chi connectivity index (χ0) is 36.8. The van der Waals surface area contributed by atoms with Gasteiger partial charge in [0.2, 0.25) is 4.73 Å². The van der Waals surface area contributed by atoms with Crippen LogP contribution in [0, 0.1) is 0 Å². The molecule has 0 aliphatic heterocycles. The highest BCUT2D eigenvalue weighted by Crippen LogP contribution is 3.08. The van der Waals surface area contributed by atoms with Gasteiger partial charge in [-0.05, 0) is 42.1 Å². The molecule has 1 atom stereocenters. The van der Waals surface area contributed by atoms with Crippen molar-refractivity contribution in [3.8, 4) is 0 Å². The Morgan fingerprint density at radius 2 is 0.958 bits per heavy atom. The van der Waals surface area contributed by atoms with Crippen molar-refractivity contribution in [3.63, 3.8) is 0 Å². The predicted molar refractivity (Wildman–Crippen MR) is 170 cm³/mol. The van der Waals surface area contributed by atoms with Crippen LogP contribution in [0.1, 0.15) is 0 Å². The Kier molecular flexibility index (Phi) is 12.2. The highest BCUT2D eigenvalue weighted by molar-refractivity contribution is 8.62. The van der Waals surface area contributed by atoms with Crippen molar-refractivity contribution in [2.45, 2.75) is 26.9 Å². The Balaban J connectivity index is 3.11. The molecule has 0 bridgehead atoms. The van der Waals surface area contributed by atoms with E-state index < -0.39 is 106 Å². The lowest BCUT2D eigenvalue weighted by molar-refractivity contribution is 0.346. The second kappa shape index (κ2) is 14.0. The Bertz CT molecular complexity index is 1760. The van der Waals surface area contributed by atoms with Crippen LogP contribution in [0.2, 0.25) is 0 Å². The first-order valence-electron chi connectivity index (χ1n) is 11.7. The first-order valence-corrected chi connectivity index (χ1v) is 24.9. The van der Waals surface area contributed by atoms with E-state index in [1.165, 1.54) is 0 Å². The molecule has 0 aromatic carbocycles. The van der Waals surface area contributed by atoms with Crippen LogP contribution in [0.15, 0.2) is 82.5 Å². The summed E-state index contributed by atoms with van der Waals surface area (Å²) < 4.78 is 68.0. The second-order valence-corrected chi connectivity index (χ2v) is 30.1. The molecular weight excluding hydrogens is 830 g/mol. The molecule has 3 aromatic heterocycles. The summed E-state index contributed by atoms with van der Waals surface area (Å²) >= 11 is -1.78. The van der Waals surface area contributed by atoms with Crippen molar-refractivity contribution in [2.75, 3.05) is 0 Å². The summed E-state index contributed by atoms with van der Waals surface area (Å²) in [7, 11) is -50.1. The normalized spacial score (nSPS) is 16.4. The molecule has 268 valence electrons. The van der Waals surface area contributed by atoms with E-state index in [0.717, 1.165) is 55.1 Å². The molecule has 3 rings (SSSR count). The van der Waals surface area contributed by atoms with Gasteiger partial charge in [-0.15, -0.1) is 0 Å². The predicted octanol–water partition coefficient (Wildman–Crippen LogP) is 1.59. The van der Waals surface area contributed by atoms with Crippen molar-refractivity contribution in [2.24, 2.45) is 0 Å². The third kappa shape index (κ3) is 7.19. The van der Waals surface area contributed by atoms with Crippen LogP contribution < -0.4 is 0 Å². The van der Waals surface area contributed by atoms with E-state index in [-0.39, 0.29) is 0 Å². The van der Waals surface area contributed by atoms with Crippen LogP contribution in [0.3, 0.4) is 0 Å². The molecule has 0 fully saturated rings. The average molecular weight is 854 g/mol. The van der Waals surface area contributed by atoms with E-state index in [9.17, 15) is 86.1 Å². The molecule has 0 spiro atoms. The minimum absolute atomic E-state index is 0.327. The molecule has 0 aliphatic rings. The van der Waals surface area contributed by atoms with Gasteiger partial charge in [0.15, 0.2) is 5.16 Å². The SMILES string of the molecule is O=P(O)(O)C(P(=O)(O)O)S(c1ccccn1)(C(Sc1ccncc1)(P(=O)(O)O)P(=O)(O)O)C(Sc1ncccn1)(P(=O)(O)O)P(=O)(O)O. The van der Waals surface area contributed by atoms with Crippen LogP contribution in [0.5, 0.6) is 0 Å². The molecule has 48 heavy (non-hydrogen) atoms. The summed E-state index contributed by atoms with van der Waals surface area (Å²) in [6, 6.07) is 4.52. The summed E-state index contributed by atoms with van der Waals surface area (Å²) in [5.41, 5.74) is 0. The summed E-state index contributed by atoms with van der Waals surface area (Å²) in [5, 5.41) is -2.91. The summed E-state index contributed by atoms with van der Waals surface area (Å²) in [5.74, 6) is 0. The van der Waals surface area contributed by atoms with Crippen molar-refractivity contribution >= 4 is 79.1 Å². The van der Waals surface area contributed by atoms with Gasteiger partial charge in [0.05, 0.1) is 5.03 Å². The maximum atomic E-state index is 13.9. The molecule has 3 aromatic rings. The van der Waals surface area contributed by atoms with Gasteiger partial charge in [-0.1, -0.05) is 27.9 Å². The lowest BCUT2D eigenvalue weighted by Gasteiger charge is -2.62. The van der Waals surface area contributed by atoms with Gasteiger partial charge in [-0.25, -0.2) is 9.97 Å². The van der Waals surface area contributed by atoms with Gasteiger partial charge in [-0.2, -0.15) is 0 Å². The number of thioether (sulfide) groups is 2. The lowest BCUT2D eigenvalue weighted by Crippen LogP contribution is -2.50. The largest absolute Gasteiger partial charge is 0.363 e. The zero-order valence-corrected chi connectivity index (χ0v) is 30.8. The van der Waals surface area contributed by atoms with Crippen molar-refractivity contribution in [1.82, 2.24) is 19.9 Å². The number of nitrogens with zero attached hydrogens (tertiary/aromatic N) is 4. The topological polar surface area (TPSA) is 397 Å². The molecule has 1 unspecified atom stereocenters. The van der Waals surface area contributed by atoms with Crippen LogP contribution in [-0.2, 0) is 27.4 Å². The standard InChI is InChI=1S/C17H24N4O18P6S3/c22-40(23,24)15(41(25,26)27)48(13-4-1-2-7-19-13,16(42(28,29)30,43(31,32)33)46-12-5-10-18-11-6-12)17(44(34,35)36,45(37,38)39)47-14-20-8-3-9-21-14/h1-11,15H,(H2,22,23,24)(H2,25,26,27)(H2,28,29,30)(H2,31,32,33)(H2,34,35,36)(H2,37,38,39). The number of aromatic nitrogens is 4. The molecule has 0 saturated heterocycles. The first-order chi connectivity index (χ1) is 21.6. The number of hydrogen-bond donors (Lipinski definition) is 12. The van der Waals surface area contributed by atoms with E-state index in [1.807, 2.05) is 0 Å². The van der Waals surface area contributed by atoms with E-state index >= 15 is 0 Å². The Morgan fingerprint density at radius 3 is 1.33 bits per heavy atom. The van der Waals surface area contributed by atoms with Gasteiger partial charge in [0.1, 0.15) is 0 Å². The quantitative estimate of drug-likeness (QED) is 0.0622. The fourth-order valence-corrected chi connectivity index (χ4v) is 38.9. The smallest absolute Gasteiger partial charge is 0.323 e. The maximum Gasteiger partial charge on any atom is 0.363 e. The van der Waals surface area contributed by atoms with Crippen LogP contribution in [0.4, 0.5) is 0 Å². The average Bonchev–Trinajstić information content (AvgIpc) is 2.91. The molecule has 22 nitrogen and oxygen atoms in total. The molecule has 0 saturated carbocycles.